The van der Waals surface area contributed by atoms with Crippen LogP contribution in [-0.4, -0.2) is 24.5 Å². The highest BCUT2D eigenvalue weighted by atomic mass is 35.5. The van der Waals surface area contributed by atoms with Crippen LogP contribution < -0.4 is 0 Å². The number of rotatable bonds is 4. The molecule has 0 saturated carbocycles. The third-order valence-electron chi connectivity index (χ3n) is 2.75. The van der Waals surface area contributed by atoms with Crippen LogP contribution >= 0.6 is 12.4 Å². The molecule has 1 nitrogen and oxygen atoms in total. The van der Waals surface area contributed by atoms with Gasteiger partial charge in [0.05, 0.1) is 0 Å². The number of benzene rings is 1. The number of hydrogen-bond donors (Lipinski definition) is 0. The van der Waals surface area contributed by atoms with Crippen LogP contribution in [0.3, 0.4) is 0 Å². The molecule has 0 atom stereocenters. The first-order chi connectivity index (χ1) is 7.69. The van der Waals surface area contributed by atoms with Gasteiger partial charge in [-0.05, 0) is 37.7 Å². The van der Waals surface area contributed by atoms with Gasteiger partial charge in [0.25, 0.3) is 0 Å². The minimum absolute atomic E-state index is 0. The van der Waals surface area contributed by atoms with Gasteiger partial charge in [-0.25, -0.2) is 0 Å². The Morgan fingerprint density at radius 2 is 1.53 bits per heavy atom. The lowest BCUT2D eigenvalue weighted by Crippen LogP contribution is -2.21. The van der Waals surface area contributed by atoms with Gasteiger partial charge in [-0.15, -0.1) is 12.4 Å². The van der Waals surface area contributed by atoms with Crippen molar-refractivity contribution in [1.29, 1.82) is 0 Å². The minimum atomic E-state index is 0. The first-order valence-electron chi connectivity index (χ1n) is 6.09. The van der Waals surface area contributed by atoms with Gasteiger partial charge < -0.3 is 4.90 Å². The molecule has 0 saturated heterocycles. The summed E-state index contributed by atoms with van der Waals surface area (Å²) in [5, 5.41) is 0. The molecule has 0 aromatic heterocycles. The lowest BCUT2D eigenvalue weighted by molar-refractivity contribution is 0.321. The molecular formula is C15H26ClN. The van der Waals surface area contributed by atoms with Crippen molar-refractivity contribution in [3.63, 3.8) is 0 Å². The predicted octanol–water partition coefficient (Wildman–Crippen LogP) is 4.41. The van der Waals surface area contributed by atoms with Crippen molar-refractivity contribution in [2.24, 2.45) is 0 Å². The van der Waals surface area contributed by atoms with Crippen LogP contribution in [0.5, 0.6) is 0 Å². The maximum atomic E-state index is 3.69. The molecule has 98 valence electrons. The summed E-state index contributed by atoms with van der Waals surface area (Å²) in [7, 11) is 0. The van der Waals surface area contributed by atoms with E-state index in [1.54, 1.807) is 0 Å². The summed E-state index contributed by atoms with van der Waals surface area (Å²) in [4.78, 5) is 2.38. The summed E-state index contributed by atoms with van der Waals surface area (Å²) < 4.78 is 0. The van der Waals surface area contributed by atoms with Crippen LogP contribution in [0.2, 0.25) is 0 Å². The normalized spacial score (nSPS) is 9.00. The zero-order valence-electron chi connectivity index (χ0n) is 11.6. The summed E-state index contributed by atoms with van der Waals surface area (Å²) in [5.74, 6) is 0. The monoisotopic (exact) mass is 255 g/mol. The summed E-state index contributed by atoms with van der Waals surface area (Å²) in [5.41, 5.74) is 2.50. The molecule has 0 N–H and O–H groups in total. The van der Waals surface area contributed by atoms with E-state index >= 15 is 0 Å². The van der Waals surface area contributed by atoms with E-state index in [-0.39, 0.29) is 12.4 Å². The van der Waals surface area contributed by atoms with Gasteiger partial charge in [0, 0.05) is 0 Å². The number of nitrogens with zero attached hydrogens (tertiary/aromatic N) is 1. The molecule has 0 unspecified atom stereocenters. The first-order valence-corrected chi connectivity index (χ1v) is 6.09. The Morgan fingerprint density at radius 3 is 1.76 bits per heavy atom. The highest BCUT2D eigenvalue weighted by Crippen LogP contribution is 2.06. The molecule has 0 radical (unpaired) electrons. The van der Waals surface area contributed by atoms with Crippen LogP contribution in [0.4, 0.5) is 0 Å². The highest BCUT2D eigenvalue weighted by Gasteiger charge is 1.89. The van der Waals surface area contributed by atoms with Crippen LogP contribution in [0, 0.1) is 6.92 Å². The third kappa shape index (κ3) is 8.00. The van der Waals surface area contributed by atoms with Crippen molar-refractivity contribution in [1.82, 2.24) is 4.90 Å². The van der Waals surface area contributed by atoms with Crippen molar-refractivity contribution < 1.29 is 0 Å². The zero-order valence-corrected chi connectivity index (χ0v) is 12.4. The second kappa shape index (κ2) is 11.7. The average molecular weight is 256 g/mol. The number of halogens is 1. The summed E-state index contributed by atoms with van der Waals surface area (Å²) in [6.45, 7) is 15.9. The fraction of sp³-hybridized carbons (Fsp3) is 0.467. The fourth-order valence-electron chi connectivity index (χ4n) is 1.49. The van der Waals surface area contributed by atoms with Gasteiger partial charge in [-0.2, -0.15) is 0 Å². The van der Waals surface area contributed by atoms with E-state index < -0.39 is 0 Å². The first kappa shape index (κ1) is 18.6. The van der Waals surface area contributed by atoms with Gasteiger partial charge in [-0.1, -0.05) is 57.7 Å². The average Bonchev–Trinajstić information content (AvgIpc) is 2.33. The Labute approximate surface area is 113 Å². The molecule has 1 aromatic rings. The molecule has 0 aliphatic heterocycles. The zero-order chi connectivity index (χ0) is 12.4. The fourth-order valence-corrected chi connectivity index (χ4v) is 1.49. The molecule has 0 bridgehead atoms. The van der Waals surface area contributed by atoms with E-state index in [2.05, 4.69) is 51.3 Å². The molecular weight excluding hydrogens is 230 g/mol. The third-order valence-corrected chi connectivity index (χ3v) is 2.75. The Kier molecular flexibility index (Phi) is 12.8. The van der Waals surface area contributed by atoms with Gasteiger partial charge in [0.2, 0.25) is 0 Å². The smallest absolute Gasteiger partial charge is 0.00474 e. The molecule has 2 heteroatoms. The second-order valence-corrected chi connectivity index (χ2v) is 3.68. The van der Waals surface area contributed by atoms with Gasteiger partial charge in [-0.3, -0.25) is 0 Å². The molecule has 0 aliphatic carbocycles. The SMILES string of the molecule is C=Cc1ccccc1C.CCN(CC)CC.Cl. The Morgan fingerprint density at radius 1 is 1.06 bits per heavy atom. The molecule has 0 aliphatic rings. The van der Waals surface area contributed by atoms with E-state index in [0.717, 1.165) is 0 Å². The van der Waals surface area contributed by atoms with Crippen molar-refractivity contribution >= 4 is 18.5 Å². The summed E-state index contributed by atoms with van der Waals surface area (Å²) in [6, 6.07) is 8.19. The molecule has 1 aromatic carbocycles. The van der Waals surface area contributed by atoms with E-state index in [4.69, 9.17) is 0 Å². The number of aryl methyl sites for hydroxylation is 1. The van der Waals surface area contributed by atoms with Gasteiger partial charge in [0.15, 0.2) is 0 Å². The maximum absolute atomic E-state index is 3.69. The molecule has 0 amide bonds. The van der Waals surface area contributed by atoms with Crippen LogP contribution in [0.1, 0.15) is 31.9 Å². The van der Waals surface area contributed by atoms with Crippen LogP contribution in [0.25, 0.3) is 6.08 Å². The molecule has 17 heavy (non-hydrogen) atoms. The van der Waals surface area contributed by atoms with E-state index in [1.807, 2.05) is 18.2 Å². The van der Waals surface area contributed by atoms with E-state index in [0.29, 0.717) is 0 Å². The van der Waals surface area contributed by atoms with Crippen LogP contribution in [0.15, 0.2) is 30.8 Å². The van der Waals surface area contributed by atoms with Gasteiger partial charge in [0.1, 0.15) is 0 Å². The Balaban J connectivity index is 0. The summed E-state index contributed by atoms with van der Waals surface area (Å²) >= 11 is 0. The van der Waals surface area contributed by atoms with E-state index in [9.17, 15) is 0 Å². The Bertz CT molecular complexity index is 287. The predicted molar refractivity (Wildman–Crippen MR) is 82.0 cm³/mol. The quantitative estimate of drug-likeness (QED) is 0.771. The standard InChI is InChI=1S/C9H10.C6H15N.ClH/c1-3-9-7-5-4-6-8(9)2;1-4-7(5-2)6-3;/h3-7H,1H2,2H3;4-6H2,1-3H3;1H. The van der Waals surface area contributed by atoms with Gasteiger partial charge >= 0.3 is 0 Å². The van der Waals surface area contributed by atoms with Crippen molar-refractivity contribution in [2.45, 2.75) is 27.7 Å². The van der Waals surface area contributed by atoms with Crippen LogP contribution in [-0.2, 0) is 0 Å². The van der Waals surface area contributed by atoms with Crippen molar-refractivity contribution in [3.8, 4) is 0 Å². The molecule has 0 fully saturated rings. The highest BCUT2D eigenvalue weighted by molar-refractivity contribution is 5.85. The molecule has 0 heterocycles. The topological polar surface area (TPSA) is 3.24 Å². The lowest BCUT2D eigenvalue weighted by atomic mass is 10.1. The lowest BCUT2D eigenvalue weighted by Gasteiger charge is -2.13. The van der Waals surface area contributed by atoms with E-state index in [1.165, 1.54) is 30.8 Å². The maximum Gasteiger partial charge on any atom is -0.00474 e. The second-order valence-electron chi connectivity index (χ2n) is 3.68. The van der Waals surface area contributed by atoms with Crippen molar-refractivity contribution in [3.05, 3.63) is 42.0 Å². The number of hydrogen-bond acceptors (Lipinski definition) is 1. The Hall–Kier alpha value is -0.790. The largest absolute Gasteiger partial charge is 0.304 e. The minimum Gasteiger partial charge on any atom is -0.304 e. The summed E-state index contributed by atoms with van der Waals surface area (Å²) in [6.07, 6.45) is 1.87. The molecule has 1 rings (SSSR count). The van der Waals surface area contributed by atoms with Crippen molar-refractivity contribution in [2.75, 3.05) is 19.6 Å². The molecule has 0 spiro atoms.